The number of halogens is 3. The van der Waals surface area contributed by atoms with Crippen LogP contribution in [0.25, 0.3) is 0 Å². The molecule has 0 atom stereocenters. The lowest BCUT2D eigenvalue weighted by Crippen LogP contribution is -2.58. The van der Waals surface area contributed by atoms with Gasteiger partial charge in [0.1, 0.15) is 0 Å². The number of nitrogens with zero attached hydrogens (tertiary/aromatic N) is 2. The Balaban J connectivity index is 2.09. The number of benzene rings is 1. The van der Waals surface area contributed by atoms with Crippen LogP contribution in [0.3, 0.4) is 0 Å². The zero-order valence-electron chi connectivity index (χ0n) is 11.6. The van der Waals surface area contributed by atoms with Crippen LogP contribution in [-0.2, 0) is 12.6 Å². The molecule has 112 valence electrons. The number of hydrogen-bond acceptors (Lipinski definition) is 3. The van der Waals surface area contributed by atoms with E-state index in [0.29, 0.717) is 25.1 Å². The molecule has 0 bridgehead atoms. The molecule has 20 heavy (non-hydrogen) atoms. The molecular formula is C14H19F3N2O. The molecule has 0 saturated carbocycles. The van der Waals surface area contributed by atoms with Crippen LogP contribution in [0.5, 0.6) is 0 Å². The van der Waals surface area contributed by atoms with Gasteiger partial charge in [-0.2, -0.15) is 13.2 Å². The Labute approximate surface area is 116 Å². The van der Waals surface area contributed by atoms with Crippen molar-refractivity contribution in [2.45, 2.75) is 18.2 Å². The third-order valence-corrected chi connectivity index (χ3v) is 3.43. The molecule has 0 aliphatic carbocycles. The molecule has 0 unspecified atom stereocenters. The highest BCUT2D eigenvalue weighted by Gasteiger charge is 2.35. The van der Waals surface area contributed by atoms with Crippen molar-refractivity contribution in [3.8, 4) is 0 Å². The van der Waals surface area contributed by atoms with Gasteiger partial charge in [-0.05, 0) is 31.8 Å². The van der Waals surface area contributed by atoms with Gasteiger partial charge in [0.2, 0.25) is 0 Å². The van der Waals surface area contributed by atoms with E-state index in [9.17, 15) is 18.3 Å². The first-order valence-corrected chi connectivity index (χ1v) is 6.44. The van der Waals surface area contributed by atoms with Crippen molar-refractivity contribution < 1.29 is 18.3 Å². The van der Waals surface area contributed by atoms with Gasteiger partial charge in [-0.1, -0.05) is 12.1 Å². The molecule has 1 saturated heterocycles. The van der Waals surface area contributed by atoms with Gasteiger partial charge >= 0.3 is 6.18 Å². The van der Waals surface area contributed by atoms with E-state index >= 15 is 0 Å². The summed E-state index contributed by atoms with van der Waals surface area (Å²) in [6.45, 7) is 1.80. The van der Waals surface area contributed by atoms with Crippen molar-refractivity contribution in [2.75, 3.05) is 33.9 Å². The summed E-state index contributed by atoms with van der Waals surface area (Å²) in [5.74, 6) is 0. The van der Waals surface area contributed by atoms with Crippen molar-refractivity contribution >= 4 is 0 Å². The van der Waals surface area contributed by atoms with Gasteiger partial charge in [0.25, 0.3) is 0 Å². The van der Waals surface area contributed by atoms with Crippen LogP contribution in [0, 0.1) is 0 Å². The molecule has 3 nitrogen and oxygen atoms in total. The molecule has 6 heteroatoms. The summed E-state index contributed by atoms with van der Waals surface area (Å²) in [4.78, 5) is 3.99. The van der Waals surface area contributed by atoms with E-state index in [1.54, 1.807) is 0 Å². The first-order valence-electron chi connectivity index (χ1n) is 6.44. The predicted molar refractivity (Wildman–Crippen MR) is 70.2 cm³/mol. The molecule has 1 fully saturated rings. The Hall–Kier alpha value is -1.11. The smallest absolute Gasteiger partial charge is 0.387 e. The maximum Gasteiger partial charge on any atom is 0.416 e. The summed E-state index contributed by atoms with van der Waals surface area (Å²) in [5.41, 5.74) is -0.878. The Kier molecular flexibility index (Phi) is 4.09. The average Bonchev–Trinajstić information content (AvgIpc) is 2.25. The van der Waals surface area contributed by atoms with Gasteiger partial charge in [0.05, 0.1) is 17.8 Å². The highest BCUT2D eigenvalue weighted by Crippen LogP contribution is 2.30. The fraction of sp³-hybridized carbons (Fsp3) is 0.571. The number of rotatable bonds is 2. The Morgan fingerprint density at radius 2 is 1.60 bits per heavy atom. The Morgan fingerprint density at radius 1 is 1.10 bits per heavy atom. The van der Waals surface area contributed by atoms with Gasteiger partial charge in [-0.25, -0.2) is 0 Å². The van der Waals surface area contributed by atoms with Gasteiger partial charge in [-0.15, -0.1) is 0 Å². The SMILES string of the molecule is CN1CN(C)CC(O)(Cc2ccc(C(F)(F)F)cc2)C1. The molecule has 1 heterocycles. The second-order valence-electron chi connectivity index (χ2n) is 5.77. The van der Waals surface area contributed by atoms with Gasteiger partial charge < -0.3 is 5.11 Å². The number of likely N-dealkylation sites (N-methyl/N-ethyl adjacent to an activating group) is 2. The molecule has 1 aliphatic heterocycles. The summed E-state index contributed by atoms with van der Waals surface area (Å²) >= 11 is 0. The van der Waals surface area contributed by atoms with Gasteiger partial charge in [0.15, 0.2) is 0 Å². The van der Waals surface area contributed by atoms with E-state index in [1.807, 2.05) is 23.9 Å². The lowest BCUT2D eigenvalue weighted by molar-refractivity contribution is -0.137. The zero-order valence-corrected chi connectivity index (χ0v) is 11.6. The maximum absolute atomic E-state index is 12.5. The van der Waals surface area contributed by atoms with Crippen molar-refractivity contribution in [2.24, 2.45) is 0 Å². The normalized spacial score (nSPS) is 21.1. The highest BCUT2D eigenvalue weighted by atomic mass is 19.4. The topological polar surface area (TPSA) is 26.7 Å². The summed E-state index contributed by atoms with van der Waals surface area (Å²) in [6.07, 6.45) is -3.97. The minimum Gasteiger partial charge on any atom is -0.387 e. The standard InChI is InChI=1S/C14H19F3N2O/c1-18-8-13(20,9-19(2)10-18)7-11-3-5-12(6-4-11)14(15,16)17/h3-6,20H,7-10H2,1-2H3. The summed E-state index contributed by atoms with van der Waals surface area (Å²) < 4.78 is 37.5. The van der Waals surface area contributed by atoms with Crippen molar-refractivity contribution in [1.29, 1.82) is 0 Å². The minimum absolute atomic E-state index is 0.347. The van der Waals surface area contributed by atoms with Crippen LogP contribution in [0.1, 0.15) is 11.1 Å². The van der Waals surface area contributed by atoms with Gasteiger partial charge in [0, 0.05) is 19.5 Å². The number of β-amino-alcohol motifs (C(OH)–C–C–N with tert-alkyl or cyclic N) is 1. The Morgan fingerprint density at radius 3 is 2.05 bits per heavy atom. The van der Waals surface area contributed by atoms with E-state index in [1.165, 1.54) is 12.1 Å². The third kappa shape index (κ3) is 3.71. The summed E-state index contributed by atoms with van der Waals surface area (Å²) in [7, 11) is 3.82. The van der Waals surface area contributed by atoms with Gasteiger partial charge in [-0.3, -0.25) is 9.80 Å². The van der Waals surface area contributed by atoms with Crippen LogP contribution >= 0.6 is 0 Å². The largest absolute Gasteiger partial charge is 0.416 e. The van der Waals surface area contributed by atoms with E-state index in [4.69, 9.17) is 0 Å². The first kappa shape index (κ1) is 15.3. The monoisotopic (exact) mass is 288 g/mol. The Bertz CT molecular complexity index is 448. The lowest BCUT2D eigenvalue weighted by atomic mass is 9.91. The third-order valence-electron chi connectivity index (χ3n) is 3.43. The van der Waals surface area contributed by atoms with E-state index in [-0.39, 0.29) is 0 Å². The van der Waals surface area contributed by atoms with Crippen LogP contribution in [-0.4, -0.2) is 54.4 Å². The summed E-state index contributed by atoms with van der Waals surface area (Å²) in [6, 6.07) is 5.01. The maximum atomic E-state index is 12.5. The summed E-state index contributed by atoms with van der Waals surface area (Å²) in [5, 5.41) is 10.6. The quantitative estimate of drug-likeness (QED) is 0.899. The molecule has 0 spiro atoms. The molecule has 1 aromatic carbocycles. The molecule has 0 aromatic heterocycles. The van der Waals surface area contributed by atoms with Crippen molar-refractivity contribution in [3.05, 3.63) is 35.4 Å². The molecule has 1 N–H and O–H groups in total. The second-order valence-corrected chi connectivity index (χ2v) is 5.77. The second kappa shape index (κ2) is 5.35. The lowest BCUT2D eigenvalue weighted by Gasteiger charge is -2.42. The van der Waals surface area contributed by atoms with E-state index < -0.39 is 17.3 Å². The molecule has 2 rings (SSSR count). The highest BCUT2D eigenvalue weighted by molar-refractivity contribution is 5.26. The molecule has 0 amide bonds. The molecule has 0 radical (unpaired) electrons. The van der Waals surface area contributed by atoms with Crippen molar-refractivity contribution in [1.82, 2.24) is 9.80 Å². The van der Waals surface area contributed by atoms with Crippen LogP contribution in [0.2, 0.25) is 0 Å². The first-order chi connectivity index (χ1) is 9.18. The molecule has 1 aromatic rings. The van der Waals surface area contributed by atoms with E-state index in [0.717, 1.165) is 18.8 Å². The number of hydrogen-bond donors (Lipinski definition) is 1. The number of aliphatic hydroxyl groups is 1. The van der Waals surface area contributed by atoms with Crippen molar-refractivity contribution in [3.63, 3.8) is 0 Å². The van der Waals surface area contributed by atoms with Crippen LogP contribution in [0.15, 0.2) is 24.3 Å². The predicted octanol–water partition coefficient (Wildman–Crippen LogP) is 1.81. The van der Waals surface area contributed by atoms with E-state index in [2.05, 4.69) is 0 Å². The molecular weight excluding hydrogens is 269 g/mol. The van der Waals surface area contributed by atoms with Crippen LogP contribution in [0.4, 0.5) is 13.2 Å². The van der Waals surface area contributed by atoms with Crippen LogP contribution < -0.4 is 0 Å². The zero-order chi connectivity index (χ0) is 15.0. The fourth-order valence-corrected chi connectivity index (χ4v) is 2.87. The molecule has 1 aliphatic rings. The minimum atomic E-state index is -4.32. The average molecular weight is 288 g/mol. The number of alkyl halides is 3. The fourth-order valence-electron chi connectivity index (χ4n) is 2.87.